The Balaban J connectivity index is 1.35. The molecule has 6 aromatic carbocycles. The lowest BCUT2D eigenvalue weighted by Crippen LogP contribution is -2.02. The third kappa shape index (κ3) is 4.57. The fourth-order valence-electron chi connectivity index (χ4n) is 6.22. The summed E-state index contributed by atoms with van der Waals surface area (Å²) in [5, 5.41) is 3.36. The molecule has 0 amide bonds. The number of rotatable bonds is 5. The summed E-state index contributed by atoms with van der Waals surface area (Å²) in [7, 11) is 0. The predicted molar refractivity (Wildman–Crippen MR) is 191 cm³/mol. The molecule has 0 radical (unpaired) electrons. The Kier molecular flexibility index (Phi) is 6.28. The van der Waals surface area contributed by atoms with Gasteiger partial charge in [0.2, 0.25) is 0 Å². The van der Waals surface area contributed by atoms with Gasteiger partial charge in [-0.2, -0.15) is 0 Å². The summed E-state index contributed by atoms with van der Waals surface area (Å²) >= 11 is 1.73. The number of benzene rings is 6. The first-order valence-electron chi connectivity index (χ1n) is 15.3. The summed E-state index contributed by atoms with van der Waals surface area (Å²) in [6.45, 7) is 0. The lowest BCUT2D eigenvalue weighted by molar-refractivity contribution is 1.05. The number of aromatic nitrogens is 4. The van der Waals surface area contributed by atoms with E-state index in [0.29, 0.717) is 5.82 Å². The van der Waals surface area contributed by atoms with Gasteiger partial charge in [-0.25, -0.2) is 15.0 Å². The van der Waals surface area contributed by atoms with E-state index in [0.717, 1.165) is 54.5 Å². The second-order valence-electron chi connectivity index (χ2n) is 11.3. The molecule has 0 saturated carbocycles. The van der Waals surface area contributed by atoms with Gasteiger partial charge in [-0.15, -0.1) is 11.3 Å². The second-order valence-corrected chi connectivity index (χ2v) is 12.4. The van der Waals surface area contributed by atoms with Gasteiger partial charge in [-0.05, 0) is 35.4 Å². The maximum absolute atomic E-state index is 5.22. The Labute approximate surface area is 269 Å². The predicted octanol–water partition coefficient (Wildman–Crippen LogP) is 10.9. The Morgan fingerprint density at radius 2 is 1.04 bits per heavy atom. The van der Waals surface area contributed by atoms with Crippen molar-refractivity contribution in [2.24, 2.45) is 0 Å². The van der Waals surface area contributed by atoms with Gasteiger partial charge < -0.3 is 0 Å². The molecule has 0 aliphatic carbocycles. The largest absolute Gasteiger partial charge is 0.294 e. The van der Waals surface area contributed by atoms with Gasteiger partial charge in [0, 0.05) is 33.5 Å². The van der Waals surface area contributed by atoms with Crippen molar-refractivity contribution in [3.05, 3.63) is 158 Å². The van der Waals surface area contributed by atoms with Gasteiger partial charge in [-0.1, -0.05) is 127 Å². The van der Waals surface area contributed by atoms with Crippen molar-refractivity contribution in [3.8, 4) is 50.2 Å². The van der Waals surface area contributed by atoms with Crippen LogP contribution in [0, 0.1) is 0 Å². The van der Waals surface area contributed by atoms with Crippen LogP contribution in [0.3, 0.4) is 0 Å². The summed E-state index contributed by atoms with van der Waals surface area (Å²) in [6.07, 6.45) is 0. The molecular weight excluding hydrogens is 581 g/mol. The lowest BCUT2D eigenvalue weighted by atomic mass is 10.0. The summed E-state index contributed by atoms with van der Waals surface area (Å²) in [5.74, 6) is 1.51. The highest BCUT2D eigenvalue weighted by atomic mass is 32.1. The van der Waals surface area contributed by atoms with Crippen LogP contribution in [-0.4, -0.2) is 19.5 Å². The minimum Gasteiger partial charge on any atom is -0.294 e. The van der Waals surface area contributed by atoms with Gasteiger partial charge in [0.1, 0.15) is 10.8 Å². The molecule has 0 spiro atoms. The third-order valence-electron chi connectivity index (χ3n) is 8.45. The lowest BCUT2D eigenvalue weighted by Gasteiger charge is -2.12. The molecule has 0 aliphatic heterocycles. The third-order valence-corrected chi connectivity index (χ3v) is 9.51. The maximum atomic E-state index is 5.22. The van der Waals surface area contributed by atoms with E-state index in [1.54, 1.807) is 11.3 Å². The molecule has 3 heterocycles. The van der Waals surface area contributed by atoms with E-state index in [1.165, 1.54) is 21.9 Å². The van der Waals surface area contributed by atoms with Crippen LogP contribution < -0.4 is 0 Å². The van der Waals surface area contributed by atoms with E-state index < -0.39 is 0 Å². The van der Waals surface area contributed by atoms with E-state index in [2.05, 4.69) is 120 Å². The van der Waals surface area contributed by atoms with Gasteiger partial charge in [0.05, 0.1) is 26.9 Å². The normalized spacial score (nSPS) is 11.5. The number of thiazole rings is 1. The van der Waals surface area contributed by atoms with Gasteiger partial charge in [0.15, 0.2) is 5.82 Å². The van der Waals surface area contributed by atoms with Crippen molar-refractivity contribution in [2.75, 3.05) is 0 Å². The quantitative estimate of drug-likeness (QED) is 0.196. The minimum absolute atomic E-state index is 0.689. The summed E-state index contributed by atoms with van der Waals surface area (Å²) in [6, 6.07) is 54.9. The Bertz CT molecular complexity index is 2440. The molecule has 46 heavy (non-hydrogen) atoms. The first kappa shape index (κ1) is 26.5. The van der Waals surface area contributed by atoms with Crippen molar-refractivity contribution in [3.63, 3.8) is 0 Å². The summed E-state index contributed by atoms with van der Waals surface area (Å²) in [5.41, 5.74) is 9.53. The van der Waals surface area contributed by atoms with Crippen molar-refractivity contribution in [2.45, 2.75) is 0 Å². The highest BCUT2D eigenvalue weighted by Gasteiger charge is 2.19. The van der Waals surface area contributed by atoms with Crippen molar-refractivity contribution < 1.29 is 0 Å². The Morgan fingerprint density at radius 1 is 0.435 bits per heavy atom. The van der Waals surface area contributed by atoms with E-state index in [9.17, 15) is 0 Å². The molecule has 0 aliphatic rings. The number of fused-ring (bicyclic) bond motifs is 4. The molecule has 9 aromatic rings. The van der Waals surface area contributed by atoms with Gasteiger partial charge in [-0.3, -0.25) is 4.57 Å². The molecule has 0 N–H and O–H groups in total. The Hall–Kier alpha value is -5.91. The van der Waals surface area contributed by atoms with E-state index >= 15 is 0 Å². The Morgan fingerprint density at radius 3 is 1.74 bits per heavy atom. The molecule has 0 unspecified atom stereocenters. The molecule has 0 atom stereocenters. The van der Waals surface area contributed by atoms with Crippen molar-refractivity contribution in [1.82, 2.24) is 19.5 Å². The first-order chi connectivity index (χ1) is 22.8. The second kappa shape index (κ2) is 10.9. The zero-order valence-corrected chi connectivity index (χ0v) is 25.5. The molecule has 5 heteroatoms. The fraction of sp³-hybridized carbons (Fsp3) is 0. The van der Waals surface area contributed by atoms with Crippen molar-refractivity contribution >= 4 is 43.4 Å². The van der Waals surface area contributed by atoms with Crippen LogP contribution in [0.2, 0.25) is 0 Å². The van der Waals surface area contributed by atoms with E-state index in [-0.39, 0.29) is 0 Å². The number of hydrogen-bond donors (Lipinski definition) is 0. The first-order valence-corrected chi connectivity index (χ1v) is 16.1. The van der Waals surface area contributed by atoms with Crippen LogP contribution in [0.1, 0.15) is 0 Å². The average molecular weight is 607 g/mol. The van der Waals surface area contributed by atoms with E-state index in [1.807, 2.05) is 42.5 Å². The molecule has 4 nitrogen and oxygen atoms in total. The van der Waals surface area contributed by atoms with E-state index in [4.69, 9.17) is 15.0 Å². The smallest absolute Gasteiger partial charge is 0.162 e. The van der Waals surface area contributed by atoms with Gasteiger partial charge in [0.25, 0.3) is 0 Å². The molecule has 0 saturated heterocycles. The van der Waals surface area contributed by atoms with Crippen LogP contribution in [-0.2, 0) is 0 Å². The van der Waals surface area contributed by atoms with Crippen LogP contribution >= 0.6 is 11.3 Å². The summed E-state index contributed by atoms with van der Waals surface area (Å²) < 4.78 is 3.44. The minimum atomic E-state index is 0.689. The van der Waals surface area contributed by atoms with Crippen LogP contribution in [0.5, 0.6) is 0 Å². The van der Waals surface area contributed by atoms with Gasteiger partial charge >= 0.3 is 0 Å². The monoisotopic (exact) mass is 606 g/mol. The standard InChI is InChI=1S/C41H26N4S/c1-5-13-27(14-6-1)31-21-22-36-32(23-31)33-24-38-35(43-41(46-38)30-19-11-4-12-20-30)25-37(33)45(36)39-26-34(28-15-7-2-8-16-28)42-40(44-39)29-17-9-3-10-18-29/h1-26H. The SMILES string of the molecule is c1ccc(-c2ccc3c(c2)c2cc4sc(-c5ccccc5)nc4cc2n3-c2cc(-c3ccccc3)nc(-c3ccccc3)n2)cc1. The zero-order valence-electron chi connectivity index (χ0n) is 24.7. The highest BCUT2D eigenvalue weighted by Crippen LogP contribution is 2.40. The summed E-state index contributed by atoms with van der Waals surface area (Å²) in [4.78, 5) is 15.4. The molecule has 9 rings (SSSR count). The number of hydrogen-bond acceptors (Lipinski definition) is 4. The highest BCUT2D eigenvalue weighted by molar-refractivity contribution is 7.21. The maximum Gasteiger partial charge on any atom is 0.162 e. The number of nitrogens with zero attached hydrogens (tertiary/aromatic N) is 4. The van der Waals surface area contributed by atoms with Crippen LogP contribution in [0.15, 0.2) is 158 Å². The average Bonchev–Trinajstić information content (AvgIpc) is 3.70. The molecule has 3 aromatic heterocycles. The van der Waals surface area contributed by atoms with Crippen LogP contribution in [0.25, 0.3) is 82.2 Å². The molecule has 0 bridgehead atoms. The van der Waals surface area contributed by atoms with Crippen molar-refractivity contribution in [1.29, 1.82) is 0 Å². The molecule has 0 fully saturated rings. The fourth-order valence-corrected chi connectivity index (χ4v) is 7.22. The topological polar surface area (TPSA) is 43.6 Å². The molecular formula is C41H26N4S. The zero-order chi connectivity index (χ0) is 30.5. The molecule has 216 valence electrons. The van der Waals surface area contributed by atoms with Crippen LogP contribution in [0.4, 0.5) is 0 Å².